The van der Waals surface area contributed by atoms with Gasteiger partial charge in [0.1, 0.15) is 6.26 Å². The Hall–Kier alpha value is -1.52. The molecule has 0 spiro atoms. The molecular weight excluding hydrogens is 150 g/mol. The summed E-state index contributed by atoms with van der Waals surface area (Å²) in [6.07, 6.45) is 1.03. The van der Waals surface area contributed by atoms with Gasteiger partial charge in [-0.3, -0.25) is 4.98 Å². The predicted octanol–water partition coefficient (Wildman–Crippen LogP) is 0.145. The van der Waals surface area contributed by atoms with Crippen molar-refractivity contribution in [2.24, 2.45) is 0 Å². The summed E-state index contributed by atoms with van der Waals surface area (Å²) < 4.78 is 8.89. The van der Waals surface area contributed by atoms with Gasteiger partial charge in [0.25, 0.3) is 0 Å². The van der Waals surface area contributed by atoms with Crippen LogP contribution in [0.5, 0.6) is 0 Å². The topological polar surface area (TPSA) is 72.3 Å². The van der Waals surface area contributed by atoms with E-state index in [-0.39, 0.29) is 12.3 Å². The Kier molecular flexibility index (Phi) is 2.10. The number of hydrogen-bond acceptors (Lipinski definition) is 4. The van der Waals surface area contributed by atoms with Gasteiger partial charge in [-0.15, -0.1) is 0 Å². The molecule has 0 amide bonds. The molecule has 0 fully saturated rings. The molecule has 0 bridgehead atoms. The lowest BCUT2D eigenvalue weighted by Crippen LogP contribution is -2.07. The zero-order valence-electron chi connectivity index (χ0n) is 5.92. The highest BCUT2D eigenvalue weighted by atomic mass is 16.5. The number of ether oxygens (including phenoxy) is 1. The van der Waals surface area contributed by atoms with Gasteiger partial charge in [-0.25, -0.2) is 9.59 Å². The highest BCUT2D eigenvalue weighted by molar-refractivity contribution is 5.86. The highest BCUT2D eigenvalue weighted by Gasteiger charge is 2.08. The van der Waals surface area contributed by atoms with Crippen LogP contribution in [-0.2, 0) is 4.74 Å². The molecule has 0 radical (unpaired) electrons. The number of esters is 1. The Labute approximate surface area is 62.0 Å². The van der Waals surface area contributed by atoms with E-state index in [1.165, 1.54) is 0 Å². The van der Waals surface area contributed by atoms with Gasteiger partial charge in [0.05, 0.1) is 6.61 Å². The summed E-state index contributed by atoms with van der Waals surface area (Å²) in [6, 6.07) is 0. The lowest BCUT2D eigenvalue weighted by Gasteiger charge is -1.94. The van der Waals surface area contributed by atoms with Gasteiger partial charge >= 0.3 is 11.7 Å². The molecule has 0 aliphatic carbocycles. The van der Waals surface area contributed by atoms with E-state index in [1.54, 1.807) is 6.92 Å². The number of nitrogens with one attached hydrogen (secondary N) is 1. The second kappa shape index (κ2) is 3.05. The number of hydrogen-bond donors (Lipinski definition) is 1. The summed E-state index contributed by atoms with van der Waals surface area (Å²) in [5.41, 5.74) is 0.0388. The second-order valence-corrected chi connectivity index (χ2v) is 1.78. The molecule has 1 heterocycles. The van der Waals surface area contributed by atoms with E-state index in [4.69, 9.17) is 0 Å². The minimum absolute atomic E-state index is 0.0388. The normalized spacial score (nSPS) is 9.55. The largest absolute Gasteiger partial charge is 0.461 e. The maximum absolute atomic E-state index is 10.8. The van der Waals surface area contributed by atoms with Crippen LogP contribution in [0, 0.1) is 0 Å². The first-order valence-electron chi connectivity index (χ1n) is 3.09. The molecule has 5 nitrogen and oxygen atoms in total. The molecular formula is C6H7NO4. The molecule has 0 saturated carbocycles. The van der Waals surface area contributed by atoms with E-state index in [2.05, 4.69) is 14.1 Å². The molecule has 0 aliphatic rings. The van der Waals surface area contributed by atoms with Crippen molar-refractivity contribution in [2.75, 3.05) is 6.61 Å². The van der Waals surface area contributed by atoms with Crippen LogP contribution in [0.2, 0.25) is 0 Å². The van der Waals surface area contributed by atoms with Gasteiger partial charge in [0, 0.05) is 0 Å². The number of H-pyrrole nitrogens is 1. The number of aromatic amines is 1. The van der Waals surface area contributed by atoms with Gasteiger partial charge in [-0.2, -0.15) is 0 Å². The molecule has 1 rings (SSSR count). The maximum atomic E-state index is 10.8. The molecule has 1 N–H and O–H groups in total. The zero-order chi connectivity index (χ0) is 8.27. The van der Waals surface area contributed by atoms with Crippen molar-refractivity contribution in [3.8, 4) is 0 Å². The summed E-state index contributed by atoms with van der Waals surface area (Å²) in [7, 11) is 0. The number of carbonyl (C=O) groups is 1. The predicted molar refractivity (Wildman–Crippen MR) is 35.3 cm³/mol. The Balaban J connectivity index is 2.76. The Morgan fingerprint density at radius 3 is 3.00 bits per heavy atom. The van der Waals surface area contributed by atoms with E-state index in [9.17, 15) is 9.59 Å². The first-order valence-corrected chi connectivity index (χ1v) is 3.09. The van der Waals surface area contributed by atoms with Crippen LogP contribution in [0.4, 0.5) is 0 Å². The Morgan fingerprint density at radius 2 is 2.55 bits per heavy atom. The minimum Gasteiger partial charge on any atom is -0.461 e. The van der Waals surface area contributed by atoms with Gasteiger partial charge in [-0.05, 0) is 6.92 Å². The van der Waals surface area contributed by atoms with Crippen LogP contribution in [0.3, 0.4) is 0 Å². The number of rotatable bonds is 2. The SMILES string of the molecule is CCOC(=O)c1coc(=O)[nH]1. The van der Waals surface area contributed by atoms with Crippen LogP contribution < -0.4 is 5.76 Å². The standard InChI is InChI=1S/C6H7NO4/c1-2-10-5(8)4-3-11-6(9)7-4/h3H,2H2,1H3,(H,7,9). The summed E-state index contributed by atoms with van der Waals surface area (Å²) in [4.78, 5) is 23.3. The lowest BCUT2D eigenvalue weighted by molar-refractivity contribution is 0.0519. The van der Waals surface area contributed by atoms with Crippen molar-refractivity contribution in [3.05, 3.63) is 22.5 Å². The number of oxazole rings is 1. The molecule has 11 heavy (non-hydrogen) atoms. The average molecular weight is 157 g/mol. The first-order chi connectivity index (χ1) is 5.24. The average Bonchev–Trinajstić information content (AvgIpc) is 2.36. The molecule has 0 unspecified atom stereocenters. The van der Waals surface area contributed by atoms with Crippen molar-refractivity contribution < 1.29 is 13.9 Å². The van der Waals surface area contributed by atoms with Gasteiger partial charge in [0.2, 0.25) is 0 Å². The molecule has 0 saturated heterocycles. The highest BCUT2D eigenvalue weighted by Crippen LogP contribution is 1.93. The minimum atomic E-state index is -0.659. The monoisotopic (exact) mass is 157 g/mol. The van der Waals surface area contributed by atoms with Crippen LogP contribution in [0.25, 0.3) is 0 Å². The number of aromatic nitrogens is 1. The third-order valence-corrected chi connectivity index (χ3v) is 1.02. The molecule has 1 aromatic rings. The molecule has 5 heteroatoms. The van der Waals surface area contributed by atoms with Crippen molar-refractivity contribution in [1.82, 2.24) is 4.98 Å². The fourth-order valence-electron chi connectivity index (χ4n) is 0.589. The zero-order valence-corrected chi connectivity index (χ0v) is 5.92. The molecule has 0 atom stereocenters. The first kappa shape index (κ1) is 7.59. The van der Waals surface area contributed by atoms with Crippen LogP contribution >= 0.6 is 0 Å². The van der Waals surface area contributed by atoms with Crippen LogP contribution in [0.15, 0.2) is 15.5 Å². The summed E-state index contributed by atoms with van der Waals surface area (Å²) in [5.74, 6) is -1.24. The third-order valence-electron chi connectivity index (χ3n) is 1.02. The summed E-state index contributed by atoms with van der Waals surface area (Å²) >= 11 is 0. The third kappa shape index (κ3) is 1.70. The fraction of sp³-hybridized carbons (Fsp3) is 0.333. The van der Waals surface area contributed by atoms with Crippen molar-refractivity contribution in [1.29, 1.82) is 0 Å². The van der Waals surface area contributed by atoms with E-state index >= 15 is 0 Å². The maximum Gasteiger partial charge on any atom is 0.416 e. The Bertz CT molecular complexity index is 298. The van der Waals surface area contributed by atoms with Crippen LogP contribution in [-0.4, -0.2) is 17.6 Å². The molecule has 0 aromatic carbocycles. The Morgan fingerprint density at radius 1 is 1.82 bits per heavy atom. The molecule has 60 valence electrons. The summed E-state index contributed by atoms with van der Waals surface area (Å²) in [5, 5.41) is 0. The van der Waals surface area contributed by atoms with Crippen LogP contribution in [0.1, 0.15) is 17.4 Å². The second-order valence-electron chi connectivity index (χ2n) is 1.78. The fourth-order valence-corrected chi connectivity index (χ4v) is 0.589. The van der Waals surface area contributed by atoms with Gasteiger partial charge in [-0.1, -0.05) is 0 Å². The van der Waals surface area contributed by atoms with Gasteiger partial charge < -0.3 is 9.15 Å². The quantitative estimate of drug-likeness (QED) is 0.620. The van der Waals surface area contributed by atoms with Gasteiger partial charge in [0.15, 0.2) is 5.69 Å². The van der Waals surface area contributed by atoms with E-state index in [0.29, 0.717) is 0 Å². The smallest absolute Gasteiger partial charge is 0.416 e. The number of carbonyl (C=O) groups excluding carboxylic acids is 1. The lowest BCUT2D eigenvalue weighted by atomic mass is 10.5. The van der Waals surface area contributed by atoms with E-state index in [1.807, 2.05) is 0 Å². The van der Waals surface area contributed by atoms with E-state index in [0.717, 1.165) is 6.26 Å². The van der Waals surface area contributed by atoms with Crippen molar-refractivity contribution >= 4 is 5.97 Å². The molecule has 1 aromatic heterocycles. The van der Waals surface area contributed by atoms with Crippen molar-refractivity contribution in [3.63, 3.8) is 0 Å². The van der Waals surface area contributed by atoms with Crippen molar-refractivity contribution in [2.45, 2.75) is 6.92 Å². The molecule has 0 aliphatic heterocycles. The summed E-state index contributed by atoms with van der Waals surface area (Å²) in [6.45, 7) is 1.95. The van der Waals surface area contributed by atoms with E-state index < -0.39 is 11.7 Å².